The van der Waals surface area contributed by atoms with Gasteiger partial charge in [-0.15, -0.1) is 11.3 Å². The van der Waals surface area contributed by atoms with E-state index in [1.54, 1.807) is 19.9 Å². The summed E-state index contributed by atoms with van der Waals surface area (Å²) in [6.45, 7) is 10.2. The molecule has 0 saturated carbocycles. The van der Waals surface area contributed by atoms with Crippen molar-refractivity contribution >= 4 is 28.2 Å². The van der Waals surface area contributed by atoms with Crippen LogP contribution in [0.4, 0.5) is 5.00 Å². The van der Waals surface area contributed by atoms with Gasteiger partial charge >= 0.3 is 5.97 Å². The largest absolute Gasteiger partial charge is 0.462 e. The molecule has 0 aliphatic carbocycles. The van der Waals surface area contributed by atoms with Gasteiger partial charge in [-0.25, -0.2) is 4.79 Å². The zero-order valence-corrected chi connectivity index (χ0v) is 16.0. The Bertz CT molecular complexity index is 625. The molecule has 0 fully saturated rings. The first kappa shape index (κ1) is 20.2. The van der Waals surface area contributed by atoms with Crippen LogP contribution < -0.4 is 5.32 Å². The number of rotatable bonds is 8. The lowest BCUT2D eigenvalue weighted by Gasteiger charge is -2.07. The Kier molecular flexibility index (Phi) is 8.47. The number of hydrogen-bond donors (Lipinski definition) is 1. The van der Waals surface area contributed by atoms with Crippen molar-refractivity contribution in [2.24, 2.45) is 0 Å². The highest BCUT2D eigenvalue weighted by atomic mass is 32.1. The smallest absolute Gasteiger partial charge is 0.341 e. The molecule has 0 saturated heterocycles. The molecule has 0 unspecified atom stereocenters. The van der Waals surface area contributed by atoms with Gasteiger partial charge in [0.15, 0.2) is 0 Å². The second kappa shape index (κ2) is 10.1. The van der Waals surface area contributed by atoms with Crippen LogP contribution in [0, 0.1) is 0 Å². The highest BCUT2D eigenvalue weighted by molar-refractivity contribution is 7.16. The molecule has 1 atom stereocenters. The van der Waals surface area contributed by atoms with Crippen molar-refractivity contribution in [2.45, 2.75) is 53.4 Å². The molecular weight excluding hydrogens is 322 g/mol. The molecule has 132 valence electrons. The first-order chi connectivity index (χ1) is 11.4. The van der Waals surface area contributed by atoms with Crippen molar-refractivity contribution in [3.63, 3.8) is 0 Å². The zero-order chi connectivity index (χ0) is 18.1. The highest BCUT2D eigenvalue weighted by Crippen LogP contribution is 2.35. The number of anilines is 1. The van der Waals surface area contributed by atoms with Crippen LogP contribution in [-0.4, -0.2) is 18.5 Å². The van der Waals surface area contributed by atoms with E-state index in [9.17, 15) is 9.59 Å². The van der Waals surface area contributed by atoms with Crippen molar-refractivity contribution in [1.82, 2.24) is 0 Å². The molecule has 0 aliphatic heterocycles. The fourth-order valence-electron chi connectivity index (χ4n) is 2.18. The maximum atomic E-state index is 12.1. The number of hydrogen-bond acceptors (Lipinski definition) is 4. The van der Waals surface area contributed by atoms with Gasteiger partial charge in [0.1, 0.15) is 5.00 Å². The normalized spacial score (nSPS) is 12.0. The standard InChI is InChI=1S/C19H27NO3S/c1-6-9-17(21)20-18-15(19(22)23-7-2)12-16(24-18)14(5)11-8-10-13(3)4/h6,9-10,12,14H,7-8,11H2,1-5H3,(H,20,21)/b9-6+/t14-/m0/s1. The lowest BCUT2D eigenvalue weighted by atomic mass is 10.0. The Labute approximate surface area is 148 Å². The Morgan fingerprint density at radius 2 is 2.08 bits per heavy atom. The number of carbonyl (C=O) groups is 2. The predicted octanol–water partition coefficient (Wildman–Crippen LogP) is 5.29. The van der Waals surface area contributed by atoms with Crippen LogP contribution in [0.3, 0.4) is 0 Å². The van der Waals surface area contributed by atoms with Gasteiger partial charge in [0, 0.05) is 4.88 Å². The molecular formula is C19H27NO3S. The van der Waals surface area contributed by atoms with Crippen molar-refractivity contribution < 1.29 is 14.3 Å². The summed E-state index contributed by atoms with van der Waals surface area (Å²) in [5, 5.41) is 3.34. The maximum absolute atomic E-state index is 12.1. The molecule has 1 heterocycles. The van der Waals surface area contributed by atoms with E-state index < -0.39 is 5.97 Å². The molecule has 4 nitrogen and oxygen atoms in total. The summed E-state index contributed by atoms with van der Waals surface area (Å²) in [5.41, 5.74) is 1.74. The molecule has 0 radical (unpaired) electrons. The maximum Gasteiger partial charge on any atom is 0.341 e. The van der Waals surface area contributed by atoms with Crippen LogP contribution in [0.5, 0.6) is 0 Å². The van der Waals surface area contributed by atoms with Gasteiger partial charge < -0.3 is 10.1 Å². The number of esters is 1. The van der Waals surface area contributed by atoms with Crippen molar-refractivity contribution in [3.05, 3.63) is 40.3 Å². The Balaban J connectivity index is 2.99. The Hall–Kier alpha value is -1.88. The Morgan fingerprint density at radius 3 is 2.67 bits per heavy atom. The molecule has 0 spiro atoms. The van der Waals surface area contributed by atoms with E-state index in [0.29, 0.717) is 23.1 Å². The average molecular weight is 349 g/mol. The average Bonchev–Trinajstić information content (AvgIpc) is 2.91. The lowest BCUT2D eigenvalue weighted by molar-refractivity contribution is -0.111. The number of allylic oxidation sites excluding steroid dienone is 3. The number of carbonyl (C=O) groups excluding carboxylic acids is 2. The van der Waals surface area contributed by atoms with Gasteiger partial charge in [-0.05, 0) is 58.6 Å². The minimum atomic E-state index is -0.396. The Morgan fingerprint density at radius 1 is 1.38 bits per heavy atom. The van der Waals surface area contributed by atoms with Crippen LogP contribution >= 0.6 is 11.3 Å². The van der Waals surface area contributed by atoms with E-state index in [1.807, 2.05) is 6.07 Å². The van der Waals surface area contributed by atoms with Crippen molar-refractivity contribution in [3.8, 4) is 0 Å². The van der Waals surface area contributed by atoms with Gasteiger partial charge in [-0.1, -0.05) is 24.6 Å². The van der Waals surface area contributed by atoms with Crippen LogP contribution in [0.1, 0.15) is 68.6 Å². The summed E-state index contributed by atoms with van der Waals surface area (Å²) in [5.74, 6) is -0.327. The summed E-state index contributed by atoms with van der Waals surface area (Å²) < 4.78 is 5.10. The van der Waals surface area contributed by atoms with Gasteiger partial charge in [-0.3, -0.25) is 4.79 Å². The molecule has 1 aromatic rings. The molecule has 0 aliphatic rings. The van der Waals surface area contributed by atoms with E-state index >= 15 is 0 Å². The molecule has 1 aromatic heterocycles. The van der Waals surface area contributed by atoms with Crippen LogP contribution in [0.15, 0.2) is 29.9 Å². The first-order valence-corrected chi connectivity index (χ1v) is 9.08. The minimum Gasteiger partial charge on any atom is -0.462 e. The van der Waals surface area contributed by atoms with E-state index in [4.69, 9.17) is 4.74 Å². The fourth-order valence-corrected chi connectivity index (χ4v) is 3.31. The molecule has 1 N–H and O–H groups in total. The van der Waals surface area contributed by atoms with Gasteiger partial charge in [0.05, 0.1) is 12.2 Å². The van der Waals surface area contributed by atoms with E-state index in [2.05, 4.69) is 32.2 Å². The van der Waals surface area contributed by atoms with E-state index in [0.717, 1.165) is 17.7 Å². The summed E-state index contributed by atoms with van der Waals surface area (Å²) in [6, 6.07) is 1.85. The topological polar surface area (TPSA) is 55.4 Å². The fraction of sp³-hybridized carbons (Fsp3) is 0.474. The highest BCUT2D eigenvalue weighted by Gasteiger charge is 2.20. The third kappa shape index (κ3) is 6.32. The number of thiophene rings is 1. The number of nitrogens with one attached hydrogen (secondary N) is 1. The monoisotopic (exact) mass is 349 g/mol. The van der Waals surface area contributed by atoms with Gasteiger partial charge in [0.2, 0.25) is 5.91 Å². The third-order valence-corrected chi connectivity index (χ3v) is 4.72. The zero-order valence-electron chi connectivity index (χ0n) is 15.1. The third-order valence-electron chi connectivity index (χ3n) is 3.44. The number of amides is 1. The second-order valence-corrected chi connectivity index (χ2v) is 6.94. The summed E-state index contributed by atoms with van der Waals surface area (Å²) in [6.07, 6.45) is 7.31. The van der Waals surface area contributed by atoms with Gasteiger partial charge in [-0.2, -0.15) is 0 Å². The molecule has 1 amide bonds. The summed E-state index contributed by atoms with van der Waals surface area (Å²) in [7, 11) is 0. The number of ether oxygens (including phenoxy) is 1. The van der Waals surface area contributed by atoms with Gasteiger partial charge in [0.25, 0.3) is 0 Å². The van der Waals surface area contributed by atoms with Crippen LogP contribution in [0.25, 0.3) is 0 Å². The van der Waals surface area contributed by atoms with Crippen LogP contribution in [0.2, 0.25) is 0 Å². The summed E-state index contributed by atoms with van der Waals surface area (Å²) >= 11 is 1.45. The summed E-state index contributed by atoms with van der Waals surface area (Å²) in [4.78, 5) is 25.0. The molecule has 1 rings (SSSR count). The van der Waals surface area contributed by atoms with E-state index in [-0.39, 0.29) is 5.91 Å². The van der Waals surface area contributed by atoms with E-state index in [1.165, 1.54) is 23.0 Å². The lowest BCUT2D eigenvalue weighted by Crippen LogP contribution is -2.11. The van der Waals surface area contributed by atoms with Crippen molar-refractivity contribution in [1.29, 1.82) is 0 Å². The second-order valence-electron chi connectivity index (χ2n) is 5.86. The SMILES string of the molecule is C/C=C/C(=O)Nc1sc([C@@H](C)CCC=C(C)C)cc1C(=O)OCC. The predicted molar refractivity (Wildman–Crippen MR) is 101 cm³/mol. The van der Waals surface area contributed by atoms with Crippen LogP contribution in [-0.2, 0) is 9.53 Å². The quantitative estimate of drug-likeness (QED) is 0.394. The molecule has 0 aromatic carbocycles. The molecule has 24 heavy (non-hydrogen) atoms. The molecule has 5 heteroatoms. The molecule has 0 bridgehead atoms. The first-order valence-electron chi connectivity index (χ1n) is 8.26. The van der Waals surface area contributed by atoms with Crippen molar-refractivity contribution in [2.75, 3.05) is 11.9 Å². The minimum absolute atomic E-state index is 0.242.